The van der Waals surface area contributed by atoms with Gasteiger partial charge in [0.25, 0.3) is 0 Å². The standard InChI is InChI=1S/C15H26BrN3S2/c1-5-11-14(16)13(19(6-2)18-11)9-12(17-4)15-10(3)20-7-8-21-15/h10,12,15,17H,5-9H2,1-4H3. The predicted molar refractivity (Wildman–Crippen MR) is 99.7 cm³/mol. The first kappa shape index (κ1) is 17.7. The van der Waals surface area contributed by atoms with Crippen LogP contribution in [-0.4, -0.2) is 44.9 Å². The molecule has 0 aromatic carbocycles. The van der Waals surface area contributed by atoms with Gasteiger partial charge in [-0.1, -0.05) is 13.8 Å². The first-order chi connectivity index (χ1) is 10.1. The van der Waals surface area contributed by atoms with Crippen LogP contribution in [0.5, 0.6) is 0 Å². The van der Waals surface area contributed by atoms with Crippen LogP contribution >= 0.6 is 39.5 Å². The van der Waals surface area contributed by atoms with E-state index in [2.05, 4.69) is 77.3 Å². The molecule has 0 radical (unpaired) electrons. The predicted octanol–water partition coefficient (Wildman–Crippen LogP) is 3.60. The fraction of sp³-hybridized carbons (Fsp3) is 0.800. The summed E-state index contributed by atoms with van der Waals surface area (Å²) in [5.74, 6) is 2.56. The highest BCUT2D eigenvalue weighted by Crippen LogP contribution is 2.35. The second-order valence-corrected chi connectivity index (χ2v) is 8.95. The molecule has 0 saturated carbocycles. The number of likely N-dealkylation sites (N-methyl/N-ethyl adjacent to an activating group) is 1. The highest BCUT2D eigenvalue weighted by molar-refractivity contribution is 9.10. The molecular formula is C15H26BrN3S2. The largest absolute Gasteiger partial charge is 0.315 e. The third kappa shape index (κ3) is 4.01. The monoisotopic (exact) mass is 391 g/mol. The number of hydrogen-bond donors (Lipinski definition) is 1. The van der Waals surface area contributed by atoms with Crippen LogP contribution in [0.25, 0.3) is 0 Å². The van der Waals surface area contributed by atoms with Crippen molar-refractivity contribution in [2.24, 2.45) is 0 Å². The quantitative estimate of drug-likeness (QED) is 0.801. The number of thioether (sulfide) groups is 2. The van der Waals surface area contributed by atoms with Gasteiger partial charge in [-0.05, 0) is 36.3 Å². The number of nitrogens with one attached hydrogen (secondary N) is 1. The fourth-order valence-electron chi connectivity index (χ4n) is 2.89. The zero-order chi connectivity index (χ0) is 15.4. The maximum absolute atomic E-state index is 4.73. The second kappa shape index (κ2) is 8.27. The van der Waals surface area contributed by atoms with Crippen LogP contribution in [0.4, 0.5) is 0 Å². The SMILES string of the molecule is CCc1nn(CC)c(CC(NC)C2SCCSC2C)c1Br. The van der Waals surface area contributed by atoms with Crippen LogP contribution in [0.2, 0.25) is 0 Å². The third-order valence-corrected chi connectivity index (χ3v) is 8.28. The molecule has 1 aromatic heterocycles. The summed E-state index contributed by atoms with van der Waals surface area (Å²) in [7, 11) is 2.10. The molecule has 120 valence electrons. The van der Waals surface area contributed by atoms with Crippen molar-refractivity contribution >= 4 is 39.5 Å². The Labute approximate surface area is 145 Å². The van der Waals surface area contributed by atoms with Gasteiger partial charge in [-0.2, -0.15) is 28.6 Å². The molecule has 3 nitrogen and oxygen atoms in total. The smallest absolute Gasteiger partial charge is 0.0766 e. The third-order valence-electron chi connectivity index (χ3n) is 4.11. The van der Waals surface area contributed by atoms with E-state index in [-0.39, 0.29) is 0 Å². The van der Waals surface area contributed by atoms with Crippen LogP contribution < -0.4 is 5.32 Å². The lowest BCUT2D eigenvalue weighted by Crippen LogP contribution is -2.44. The summed E-state index contributed by atoms with van der Waals surface area (Å²) >= 11 is 8.01. The van der Waals surface area contributed by atoms with Crippen molar-refractivity contribution in [3.05, 3.63) is 15.9 Å². The lowest BCUT2D eigenvalue weighted by Gasteiger charge is -2.34. The number of nitrogens with zero attached hydrogens (tertiary/aromatic N) is 2. The van der Waals surface area contributed by atoms with Crippen molar-refractivity contribution in [2.75, 3.05) is 18.6 Å². The van der Waals surface area contributed by atoms with Crippen molar-refractivity contribution in [1.29, 1.82) is 0 Å². The van der Waals surface area contributed by atoms with Crippen LogP contribution in [0.3, 0.4) is 0 Å². The molecule has 0 amide bonds. The summed E-state index contributed by atoms with van der Waals surface area (Å²) in [6.07, 6.45) is 2.02. The number of halogens is 1. The van der Waals surface area contributed by atoms with E-state index in [4.69, 9.17) is 5.10 Å². The van der Waals surface area contributed by atoms with Crippen molar-refractivity contribution in [1.82, 2.24) is 15.1 Å². The molecule has 6 heteroatoms. The molecular weight excluding hydrogens is 366 g/mol. The Balaban J connectivity index is 2.19. The molecule has 0 spiro atoms. The summed E-state index contributed by atoms with van der Waals surface area (Å²) in [4.78, 5) is 0. The van der Waals surface area contributed by atoms with Crippen LogP contribution in [0, 0.1) is 0 Å². The number of rotatable bonds is 6. The van der Waals surface area contributed by atoms with Crippen molar-refractivity contribution in [2.45, 2.75) is 56.7 Å². The molecule has 1 N–H and O–H groups in total. The Morgan fingerprint density at radius 1 is 1.38 bits per heavy atom. The van der Waals surface area contributed by atoms with Gasteiger partial charge in [0.1, 0.15) is 0 Å². The molecule has 1 aliphatic rings. The van der Waals surface area contributed by atoms with Gasteiger partial charge in [-0.15, -0.1) is 0 Å². The van der Waals surface area contributed by atoms with Crippen molar-refractivity contribution < 1.29 is 0 Å². The Hall–Kier alpha value is 0.350. The van der Waals surface area contributed by atoms with Gasteiger partial charge in [0.2, 0.25) is 0 Å². The fourth-order valence-corrected chi connectivity index (χ4v) is 6.62. The molecule has 1 aliphatic heterocycles. The summed E-state index contributed by atoms with van der Waals surface area (Å²) in [5, 5.41) is 9.67. The van der Waals surface area contributed by atoms with Gasteiger partial charge in [-0.3, -0.25) is 4.68 Å². The van der Waals surface area contributed by atoms with E-state index in [1.165, 1.54) is 27.4 Å². The highest BCUT2D eigenvalue weighted by atomic mass is 79.9. The lowest BCUT2D eigenvalue weighted by molar-refractivity contribution is 0.501. The number of aromatic nitrogens is 2. The Kier molecular flexibility index (Phi) is 6.97. The molecule has 1 aromatic rings. The lowest BCUT2D eigenvalue weighted by atomic mass is 10.0. The van der Waals surface area contributed by atoms with Crippen LogP contribution in [0.15, 0.2) is 4.47 Å². The topological polar surface area (TPSA) is 29.9 Å². The maximum Gasteiger partial charge on any atom is 0.0766 e. The first-order valence-electron chi connectivity index (χ1n) is 7.76. The summed E-state index contributed by atoms with van der Waals surface area (Å²) in [6.45, 7) is 7.65. The Morgan fingerprint density at radius 3 is 2.67 bits per heavy atom. The van der Waals surface area contributed by atoms with E-state index in [1.54, 1.807) is 0 Å². The van der Waals surface area contributed by atoms with E-state index < -0.39 is 0 Å². The average Bonchev–Trinajstić information content (AvgIpc) is 2.81. The van der Waals surface area contributed by atoms with Crippen LogP contribution in [0.1, 0.15) is 32.2 Å². The summed E-state index contributed by atoms with van der Waals surface area (Å²) < 4.78 is 3.38. The minimum atomic E-state index is 0.501. The first-order valence-corrected chi connectivity index (χ1v) is 10.7. The van der Waals surface area contributed by atoms with Crippen LogP contribution in [-0.2, 0) is 19.4 Å². The normalized spacial score (nSPS) is 24.2. The maximum atomic E-state index is 4.73. The van der Waals surface area contributed by atoms with Gasteiger partial charge in [0, 0.05) is 41.0 Å². The number of aryl methyl sites for hydroxylation is 2. The van der Waals surface area contributed by atoms with Gasteiger partial charge in [0.05, 0.1) is 15.9 Å². The molecule has 2 heterocycles. The van der Waals surface area contributed by atoms with Crippen molar-refractivity contribution in [3.63, 3.8) is 0 Å². The number of hydrogen-bond acceptors (Lipinski definition) is 4. The molecule has 3 atom stereocenters. The summed E-state index contributed by atoms with van der Waals surface area (Å²) in [6, 6.07) is 0.501. The van der Waals surface area contributed by atoms with E-state index in [0.717, 1.165) is 19.4 Å². The molecule has 3 unspecified atom stereocenters. The molecule has 21 heavy (non-hydrogen) atoms. The van der Waals surface area contributed by atoms with Gasteiger partial charge >= 0.3 is 0 Å². The Morgan fingerprint density at radius 2 is 2.10 bits per heavy atom. The highest BCUT2D eigenvalue weighted by Gasteiger charge is 2.31. The van der Waals surface area contributed by atoms with E-state index in [9.17, 15) is 0 Å². The van der Waals surface area contributed by atoms with Gasteiger partial charge in [-0.25, -0.2) is 0 Å². The minimum absolute atomic E-state index is 0.501. The van der Waals surface area contributed by atoms with E-state index in [1.807, 2.05) is 0 Å². The van der Waals surface area contributed by atoms with Crippen molar-refractivity contribution in [3.8, 4) is 0 Å². The second-order valence-electron chi connectivity index (χ2n) is 5.39. The molecule has 1 saturated heterocycles. The molecule has 0 bridgehead atoms. The minimum Gasteiger partial charge on any atom is -0.315 e. The zero-order valence-corrected chi connectivity index (χ0v) is 16.6. The Bertz CT molecular complexity index is 464. The zero-order valence-electron chi connectivity index (χ0n) is 13.4. The van der Waals surface area contributed by atoms with E-state index >= 15 is 0 Å². The van der Waals surface area contributed by atoms with E-state index in [0.29, 0.717) is 16.5 Å². The van der Waals surface area contributed by atoms with Gasteiger partial charge < -0.3 is 5.32 Å². The molecule has 0 aliphatic carbocycles. The summed E-state index contributed by atoms with van der Waals surface area (Å²) in [5.41, 5.74) is 2.53. The molecule has 2 rings (SSSR count). The van der Waals surface area contributed by atoms with Gasteiger partial charge in [0.15, 0.2) is 0 Å². The average molecular weight is 392 g/mol. The molecule has 1 fully saturated rings.